The zero-order valence-electron chi connectivity index (χ0n) is 10.2. The van der Waals surface area contributed by atoms with Gasteiger partial charge in [-0.05, 0) is 38.4 Å². The van der Waals surface area contributed by atoms with Crippen molar-refractivity contribution in [1.82, 2.24) is 5.32 Å². The van der Waals surface area contributed by atoms with Crippen LogP contribution in [0.2, 0.25) is 5.02 Å². The Hall–Kier alpha value is -1.06. The third kappa shape index (κ3) is 4.36. The van der Waals surface area contributed by atoms with Gasteiger partial charge in [0.25, 0.3) is 0 Å². The number of benzene rings is 1. The average Bonchev–Trinajstić information content (AvgIpc) is 2.26. The highest BCUT2D eigenvalue weighted by Crippen LogP contribution is 2.19. The molecule has 0 amide bonds. The van der Waals surface area contributed by atoms with E-state index in [2.05, 4.69) is 5.32 Å². The fourth-order valence-electron chi connectivity index (χ4n) is 1.37. The maximum atomic E-state index is 10.9. The first-order valence-electron chi connectivity index (χ1n) is 5.61. The van der Waals surface area contributed by atoms with Crippen molar-refractivity contribution in [2.75, 3.05) is 6.54 Å². The Bertz CT molecular complexity index is 391. The molecule has 0 atom stereocenters. The molecule has 1 aromatic carbocycles. The molecule has 0 aromatic heterocycles. The van der Waals surface area contributed by atoms with E-state index in [1.54, 1.807) is 13.8 Å². The van der Waals surface area contributed by atoms with Gasteiger partial charge in [0.05, 0.1) is 5.41 Å². The predicted molar refractivity (Wildman–Crippen MR) is 69.2 cm³/mol. The van der Waals surface area contributed by atoms with Crippen LogP contribution in [-0.2, 0) is 11.3 Å². The van der Waals surface area contributed by atoms with Gasteiger partial charge >= 0.3 is 5.97 Å². The van der Waals surface area contributed by atoms with E-state index in [9.17, 15) is 4.79 Å². The molecule has 1 aromatic rings. The van der Waals surface area contributed by atoms with Crippen LogP contribution in [0.1, 0.15) is 25.8 Å². The highest BCUT2D eigenvalue weighted by atomic mass is 35.5. The quantitative estimate of drug-likeness (QED) is 0.769. The van der Waals surface area contributed by atoms with Crippen molar-refractivity contribution in [2.45, 2.75) is 26.8 Å². The van der Waals surface area contributed by atoms with Crippen molar-refractivity contribution in [1.29, 1.82) is 0 Å². The van der Waals surface area contributed by atoms with Crippen molar-refractivity contribution in [3.8, 4) is 0 Å². The van der Waals surface area contributed by atoms with Crippen molar-refractivity contribution in [3.05, 3.63) is 34.9 Å². The monoisotopic (exact) mass is 255 g/mol. The number of hydrogen-bond acceptors (Lipinski definition) is 2. The summed E-state index contributed by atoms with van der Waals surface area (Å²) in [6.07, 6.45) is 0.590. The minimum absolute atomic E-state index is 0.590. The van der Waals surface area contributed by atoms with Crippen LogP contribution in [0, 0.1) is 5.41 Å². The number of halogens is 1. The number of aliphatic carboxylic acids is 1. The largest absolute Gasteiger partial charge is 0.481 e. The molecule has 0 fully saturated rings. The van der Waals surface area contributed by atoms with Crippen LogP contribution in [-0.4, -0.2) is 17.6 Å². The minimum Gasteiger partial charge on any atom is -0.481 e. The first-order chi connectivity index (χ1) is 7.93. The summed E-state index contributed by atoms with van der Waals surface area (Å²) >= 11 is 6.01. The van der Waals surface area contributed by atoms with E-state index in [1.807, 2.05) is 24.3 Å². The molecule has 1 rings (SSSR count). The van der Waals surface area contributed by atoms with Gasteiger partial charge in [0.1, 0.15) is 0 Å². The Kier molecular flexibility index (Phi) is 4.97. The second kappa shape index (κ2) is 6.03. The normalized spacial score (nSPS) is 11.5. The first kappa shape index (κ1) is 14.0. The van der Waals surface area contributed by atoms with Crippen molar-refractivity contribution >= 4 is 17.6 Å². The maximum Gasteiger partial charge on any atom is 0.309 e. The van der Waals surface area contributed by atoms with Crippen LogP contribution < -0.4 is 5.32 Å². The van der Waals surface area contributed by atoms with E-state index < -0.39 is 11.4 Å². The zero-order chi connectivity index (χ0) is 12.9. The summed E-state index contributed by atoms with van der Waals surface area (Å²) in [7, 11) is 0. The molecule has 0 aliphatic heterocycles. The third-order valence-corrected chi connectivity index (χ3v) is 3.15. The molecule has 0 bridgehead atoms. The molecule has 0 heterocycles. The Morgan fingerprint density at radius 3 is 2.65 bits per heavy atom. The van der Waals surface area contributed by atoms with Crippen LogP contribution in [0.25, 0.3) is 0 Å². The van der Waals surface area contributed by atoms with E-state index in [1.165, 1.54) is 0 Å². The number of carbonyl (C=O) groups is 1. The van der Waals surface area contributed by atoms with Crippen molar-refractivity contribution in [2.24, 2.45) is 5.41 Å². The molecule has 94 valence electrons. The Balaban J connectivity index is 2.35. The standard InChI is InChI=1S/C13H18ClNO2/c1-13(2,12(16)17)7-8-15-9-10-5-3-4-6-11(10)14/h3-6,15H,7-9H2,1-2H3,(H,16,17). The zero-order valence-corrected chi connectivity index (χ0v) is 10.9. The molecule has 0 saturated heterocycles. The highest BCUT2D eigenvalue weighted by molar-refractivity contribution is 6.31. The van der Waals surface area contributed by atoms with Crippen LogP contribution in [0.3, 0.4) is 0 Å². The minimum atomic E-state index is -0.767. The summed E-state index contributed by atoms with van der Waals surface area (Å²) in [6, 6.07) is 7.63. The SMILES string of the molecule is CC(C)(CCNCc1ccccc1Cl)C(=O)O. The second-order valence-electron chi connectivity index (χ2n) is 4.71. The van der Waals surface area contributed by atoms with E-state index in [0.29, 0.717) is 19.5 Å². The fraction of sp³-hybridized carbons (Fsp3) is 0.462. The lowest BCUT2D eigenvalue weighted by atomic mass is 9.90. The van der Waals surface area contributed by atoms with Gasteiger partial charge in [-0.25, -0.2) is 0 Å². The topological polar surface area (TPSA) is 49.3 Å². The number of hydrogen-bond donors (Lipinski definition) is 2. The van der Waals surface area contributed by atoms with Gasteiger partial charge in [-0.15, -0.1) is 0 Å². The average molecular weight is 256 g/mol. The second-order valence-corrected chi connectivity index (χ2v) is 5.11. The molecule has 0 spiro atoms. The van der Waals surface area contributed by atoms with Gasteiger partial charge < -0.3 is 10.4 Å². The molecule has 0 aliphatic carbocycles. The molecule has 0 unspecified atom stereocenters. The van der Waals surface area contributed by atoms with Crippen LogP contribution in [0.4, 0.5) is 0 Å². The Labute approximate surface area is 107 Å². The molecule has 17 heavy (non-hydrogen) atoms. The Morgan fingerprint density at radius 2 is 2.06 bits per heavy atom. The molecule has 2 N–H and O–H groups in total. The smallest absolute Gasteiger partial charge is 0.309 e. The maximum absolute atomic E-state index is 10.9. The number of carboxylic acids is 1. The third-order valence-electron chi connectivity index (χ3n) is 2.78. The van der Waals surface area contributed by atoms with Gasteiger partial charge in [-0.2, -0.15) is 0 Å². The molecular formula is C13H18ClNO2. The van der Waals surface area contributed by atoms with Crippen LogP contribution in [0.15, 0.2) is 24.3 Å². The van der Waals surface area contributed by atoms with Gasteiger partial charge in [0.15, 0.2) is 0 Å². The predicted octanol–water partition coefficient (Wildman–Crippen LogP) is 2.93. The Morgan fingerprint density at radius 1 is 1.41 bits per heavy atom. The van der Waals surface area contributed by atoms with Gasteiger partial charge in [-0.1, -0.05) is 29.8 Å². The van der Waals surface area contributed by atoms with E-state index >= 15 is 0 Å². The molecule has 0 aliphatic rings. The summed E-state index contributed by atoms with van der Waals surface area (Å²) in [4.78, 5) is 10.9. The first-order valence-corrected chi connectivity index (χ1v) is 5.99. The molecule has 0 radical (unpaired) electrons. The fourth-order valence-corrected chi connectivity index (χ4v) is 1.58. The lowest BCUT2D eigenvalue weighted by Crippen LogP contribution is -2.28. The summed E-state index contributed by atoms with van der Waals surface area (Å²) in [5, 5.41) is 12.9. The van der Waals surface area contributed by atoms with E-state index in [0.717, 1.165) is 10.6 Å². The van der Waals surface area contributed by atoms with E-state index in [4.69, 9.17) is 16.7 Å². The van der Waals surface area contributed by atoms with Gasteiger partial charge in [0.2, 0.25) is 0 Å². The molecule has 0 saturated carbocycles. The van der Waals surface area contributed by atoms with Gasteiger partial charge in [0, 0.05) is 11.6 Å². The van der Waals surface area contributed by atoms with Crippen molar-refractivity contribution in [3.63, 3.8) is 0 Å². The summed E-state index contributed by atoms with van der Waals surface area (Å²) in [5.74, 6) is -0.767. The number of rotatable bonds is 6. The molecular weight excluding hydrogens is 238 g/mol. The van der Waals surface area contributed by atoms with Crippen LogP contribution in [0.5, 0.6) is 0 Å². The summed E-state index contributed by atoms with van der Waals surface area (Å²) in [6.45, 7) is 4.78. The molecule has 4 heteroatoms. The summed E-state index contributed by atoms with van der Waals surface area (Å²) in [5.41, 5.74) is 0.343. The highest BCUT2D eigenvalue weighted by Gasteiger charge is 2.25. The molecule has 3 nitrogen and oxygen atoms in total. The lowest BCUT2D eigenvalue weighted by molar-refractivity contribution is -0.147. The van der Waals surface area contributed by atoms with Crippen LogP contribution >= 0.6 is 11.6 Å². The van der Waals surface area contributed by atoms with Gasteiger partial charge in [-0.3, -0.25) is 4.79 Å². The summed E-state index contributed by atoms with van der Waals surface area (Å²) < 4.78 is 0. The van der Waals surface area contributed by atoms with E-state index in [-0.39, 0.29) is 0 Å². The lowest BCUT2D eigenvalue weighted by Gasteiger charge is -2.19. The number of nitrogens with one attached hydrogen (secondary N) is 1. The van der Waals surface area contributed by atoms with Crippen molar-refractivity contribution < 1.29 is 9.90 Å². The number of carboxylic acid groups (broad SMARTS) is 1.